The number of hydrogen-bond donors (Lipinski definition) is 2. The van der Waals surface area contributed by atoms with Crippen LogP contribution in [0.5, 0.6) is 0 Å². The number of aliphatic carboxylic acids is 1. The van der Waals surface area contributed by atoms with Crippen LogP contribution in [0.2, 0.25) is 0 Å². The number of carboxylic acids is 1. The molecule has 2 N–H and O–H groups in total. The van der Waals surface area contributed by atoms with Crippen molar-refractivity contribution >= 4 is 23.2 Å². The Morgan fingerprint density at radius 2 is 1.96 bits per heavy atom. The molecule has 0 unspecified atom stereocenters. The first-order valence-corrected chi connectivity index (χ1v) is 10.2. The number of rotatable bonds is 8. The van der Waals surface area contributed by atoms with Crippen molar-refractivity contribution in [1.29, 1.82) is 0 Å². The fourth-order valence-electron chi connectivity index (χ4n) is 3.50. The van der Waals surface area contributed by atoms with Crippen molar-refractivity contribution in [3.63, 3.8) is 0 Å². The van der Waals surface area contributed by atoms with Crippen LogP contribution in [0.4, 0.5) is 0 Å². The van der Waals surface area contributed by atoms with Crippen LogP contribution in [0.1, 0.15) is 35.4 Å². The van der Waals surface area contributed by atoms with E-state index in [0.29, 0.717) is 10.8 Å². The molecule has 1 aromatic heterocycles. The molecular weight excluding hydrogens is 362 g/mol. The first kappa shape index (κ1) is 18.1. The van der Waals surface area contributed by atoms with Gasteiger partial charge in [0.25, 0.3) is 5.91 Å². The molecule has 142 valence electrons. The molecule has 7 heteroatoms. The highest BCUT2D eigenvalue weighted by Gasteiger charge is 2.37. The van der Waals surface area contributed by atoms with Crippen LogP contribution >= 0.6 is 11.3 Å². The first-order valence-electron chi connectivity index (χ1n) is 9.36. The first-order chi connectivity index (χ1) is 13.1. The van der Waals surface area contributed by atoms with Gasteiger partial charge in [0, 0.05) is 24.2 Å². The number of hydrogen-bond acceptors (Lipinski definition) is 5. The number of carbonyl (C=O) groups excluding carboxylic acids is 1. The van der Waals surface area contributed by atoms with Gasteiger partial charge in [0.05, 0.1) is 12.7 Å². The monoisotopic (exact) mass is 385 g/mol. The number of carbonyl (C=O) groups is 2. The van der Waals surface area contributed by atoms with E-state index < -0.39 is 5.97 Å². The van der Waals surface area contributed by atoms with Gasteiger partial charge in [0.1, 0.15) is 9.88 Å². The molecular formula is C20H23N3O3S. The predicted molar refractivity (Wildman–Crippen MR) is 104 cm³/mol. The van der Waals surface area contributed by atoms with Crippen molar-refractivity contribution in [2.24, 2.45) is 5.92 Å². The number of nitrogens with one attached hydrogen (secondary N) is 1. The number of thiazole rings is 1. The zero-order valence-electron chi connectivity index (χ0n) is 15.0. The normalized spacial score (nSPS) is 21.7. The maximum absolute atomic E-state index is 12.5. The van der Waals surface area contributed by atoms with E-state index >= 15 is 0 Å². The smallest absolute Gasteiger partial charge is 0.317 e. The molecule has 1 amide bonds. The van der Waals surface area contributed by atoms with E-state index in [1.54, 1.807) is 6.20 Å². The lowest BCUT2D eigenvalue weighted by Crippen LogP contribution is -2.55. The minimum Gasteiger partial charge on any atom is -0.480 e. The highest BCUT2D eigenvalue weighted by atomic mass is 32.1. The maximum atomic E-state index is 12.5. The van der Waals surface area contributed by atoms with Crippen molar-refractivity contribution in [2.45, 2.75) is 37.8 Å². The Kier molecular flexibility index (Phi) is 5.22. The summed E-state index contributed by atoms with van der Waals surface area (Å²) in [5, 5.41) is 13.0. The van der Waals surface area contributed by atoms with Crippen molar-refractivity contribution in [2.75, 3.05) is 13.1 Å². The van der Waals surface area contributed by atoms with Crippen LogP contribution in [0, 0.1) is 5.92 Å². The number of nitrogens with zero attached hydrogens (tertiary/aromatic N) is 2. The molecule has 0 saturated heterocycles. The molecule has 2 aliphatic carbocycles. The van der Waals surface area contributed by atoms with Gasteiger partial charge in [0.15, 0.2) is 0 Å². The largest absolute Gasteiger partial charge is 0.480 e. The summed E-state index contributed by atoms with van der Waals surface area (Å²) in [5.74, 6) is -0.210. The molecule has 1 heterocycles. The Balaban J connectivity index is 1.30. The quantitative estimate of drug-likeness (QED) is 0.730. The molecule has 2 aromatic rings. The zero-order valence-corrected chi connectivity index (χ0v) is 15.8. The number of amides is 1. The Hall–Kier alpha value is -2.25. The summed E-state index contributed by atoms with van der Waals surface area (Å²) < 4.78 is 0. The van der Waals surface area contributed by atoms with Gasteiger partial charge >= 0.3 is 5.97 Å². The number of benzene rings is 1. The van der Waals surface area contributed by atoms with Gasteiger partial charge in [-0.15, -0.1) is 11.3 Å². The van der Waals surface area contributed by atoms with Crippen LogP contribution in [0.25, 0.3) is 10.6 Å². The molecule has 6 nitrogen and oxygen atoms in total. The SMILES string of the molecule is O=C(O)CN(CC1CC1)C1CC(NC(=O)c2cnc(-c3ccccc3)s2)C1. The summed E-state index contributed by atoms with van der Waals surface area (Å²) in [6.45, 7) is 0.962. The second-order valence-corrected chi connectivity index (χ2v) is 8.49. The third-order valence-electron chi connectivity index (χ3n) is 5.24. The van der Waals surface area contributed by atoms with Crippen LogP contribution in [-0.4, -0.2) is 52.0 Å². The summed E-state index contributed by atoms with van der Waals surface area (Å²) >= 11 is 1.39. The maximum Gasteiger partial charge on any atom is 0.317 e. The van der Waals surface area contributed by atoms with Crippen LogP contribution in [0.15, 0.2) is 36.5 Å². The van der Waals surface area contributed by atoms with Crippen molar-refractivity contribution in [3.05, 3.63) is 41.4 Å². The molecule has 0 bridgehead atoms. The lowest BCUT2D eigenvalue weighted by molar-refractivity contribution is -0.139. The molecule has 4 rings (SSSR count). The van der Waals surface area contributed by atoms with Gasteiger partial charge < -0.3 is 10.4 Å². The molecule has 2 fully saturated rings. The van der Waals surface area contributed by atoms with E-state index in [9.17, 15) is 9.59 Å². The minimum atomic E-state index is -0.777. The Morgan fingerprint density at radius 1 is 1.22 bits per heavy atom. The second-order valence-electron chi connectivity index (χ2n) is 7.46. The van der Waals surface area contributed by atoms with Crippen molar-refractivity contribution < 1.29 is 14.7 Å². The van der Waals surface area contributed by atoms with Gasteiger partial charge in [-0.3, -0.25) is 14.5 Å². The van der Waals surface area contributed by atoms with Gasteiger partial charge in [-0.2, -0.15) is 0 Å². The second kappa shape index (κ2) is 7.78. The lowest BCUT2D eigenvalue weighted by atomic mass is 9.85. The van der Waals surface area contributed by atoms with Crippen LogP contribution < -0.4 is 5.32 Å². The van der Waals surface area contributed by atoms with E-state index in [0.717, 1.165) is 30.0 Å². The fraction of sp³-hybridized carbons (Fsp3) is 0.450. The zero-order chi connectivity index (χ0) is 18.8. The Morgan fingerprint density at radius 3 is 2.63 bits per heavy atom. The van der Waals surface area contributed by atoms with Gasteiger partial charge in [-0.25, -0.2) is 4.98 Å². The van der Waals surface area contributed by atoms with Gasteiger partial charge in [-0.1, -0.05) is 30.3 Å². The van der Waals surface area contributed by atoms with Gasteiger partial charge in [-0.05, 0) is 31.6 Å². The van der Waals surface area contributed by atoms with E-state index in [1.807, 2.05) is 30.3 Å². The van der Waals surface area contributed by atoms with Crippen LogP contribution in [0.3, 0.4) is 0 Å². The predicted octanol–water partition coefficient (Wildman–Crippen LogP) is 2.87. The number of aromatic nitrogens is 1. The fourth-order valence-corrected chi connectivity index (χ4v) is 4.33. The summed E-state index contributed by atoms with van der Waals surface area (Å²) in [5.41, 5.74) is 1.01. The molecule has 27 heavy (non-hydrogen) atoms. The van der Waals surface area contributed by atoms with E-state index in [2.05, 4.69) is 15.2 Å². The molecule has 0 aliphatic heterocycles. The average Bonchev–Trinajstić information content (AvgIpc) is 3.29. The third kappa shape index (κ3) is 4.54. The van der Waals surface area contributed by atoms with Crippen LogP contribution in [-0.2, 0) is 4.79 Å². The lowest BCUT2D eigenvalue weighted by Gasteiger charge is -2.42. The van der Waals surface area contributed by atoms with Gasteiger partial charge in [0.2, 0.25) is 0 Å². The molecule has 1 aromatic carbocycles. The Labute approximate surface area is 162 Å². The third-order valence-corrected chi connectivity index (χ3v) is 6.29. The molecule has 2 saturated carbocycles. The average molecular weight is 385 g/mol. The summed E-state index contributed by atoms with van der Waals surface area (Å²) in [7, 11) is 0. The van der Waals surface area contributed by atoms with Crippen molar-refractivity contribution in [3.8, 4) is 10.6 Å². The molecule has 0 radical (unpaired) electrons. The highest BCUT2D eigenvalue weighted by Crippen LogP contribution is 2.34. The highest BCUT2D eigenvalue weighted by molar-refractivity contribution is 7.16. The molecule has 0 spiro atoms. The number of carboxylic acid groups (broad SMARTS) is 1. The van der Waals surface area contributed by atoms with E-state index in [1.165, 1.54) is 24.2 Å². The van der Waals surface area contributed by atoms with E-state index in [4.69, 9.17) is 5.11 Å². The summed E-state index contributed by atoms with van der Waals surface area (Å²) in [6, 6.07) is 10.2. The Bertz CT molecular complexity index is 813. The molecule has 0 atom stereocenters. The van der Waals surface area contributed by atoms with E-state index in [-0.39, 0.29) is 24.5 Å². The standard InChI is InChI=1S/C20H23N3O3S/c24-18(25)12-23(11-13-6-7-13)16-8-15(9-16)22-19(26)17-10-21-20(27-17)14-4-2-1-3-5-14/h1-5,10,13,15-16H,6-9,11-12H2,(H,22,26)(H,24,25). The molecule has 2 aliphatic rings. The summed E-state index contributed by atoms with van der Waals surface area (Å²) in [6.07, 6.45) is 5.67. The minimum absolute atomic E-state index is 0.0925. The van der Waals surface area contributed by atoms with Crippen molar-refractivity contribution in [1.82, 2.24) is 15.2 Å². The summed E-state index contributed by atoms with van der Waals surface area (Å²) in [4.78, 5) is 30.6. The topological polar surface area (TPSA) is 82.5 Å².